The lowest BCUT2D eigenvalue weighted by atomic mass is 10.1. The third-order valence-electron chi connectivity index (χ3n) is 2.36. The fourth-order valence-corrected chi connectivity index (χ4v) is 1.74. The minimum atomic E-state index is -0.453. The lowest BCUT2D eigenvalue weighted by Crippen LogP contribution is -2.29. The first kappa shape index (κ1) is 13.9. The van der Waals surface area contributed by atoms with Crippen molar-refractivity contribution in [2.24, 2.45) is 0 Å². The number of likely N-dealkylation sites (N-methyl/N-ethyl adjacent to an activating group) is 1. The van der Waals surface area contributed by atoms with E-state index < -0.39 is 4.92 Å². The predicted molar refractivity (Wildman–Crippen MR) is 69.5 cm³/mol. The molecule has 1 aromatic carbocycles. The highest BCUT2D eigenvalue weighted by atomic mass is 16.6. The van der Waals surface area contributed by atoms with Crippen LogP contribution in [0.4, 0.5) is 11.4 Å². The van der Waals surface area contributed by atoms with Crippen LogP contribution >= 0.6 is 0 Å². The summed E-state index contributed by atoms with van der Waals surface area (Å²) in [5.41, 5.74) is 0.771. The number of nitrogens with one attached hydrogen (secondary N) is 1. The average molecular weight is 248 g/mol. The molecular weight excluding hydrogens is 232 g/mol. The van der Waals surface area contributed by atoms with Gasteiger partial charge in [0.05, 0.1) is 16.6 Å². The molecule has 0 aromatic heterocycles. The zero-order chi connectivity index (χ0) is 13.7. The second-order valence-corrected chi connectivity index (χ2v) is 4.41. The van der Waals surface area contributed by atoms with Gasteiger partial charge in [0.25, 0.3) is 5.69 Å². The van der Waals surface area contributed by atoms with Crippen LogP contribution in [0, 0.1) is 21.4 Å². The van der Waals surface area contributed by atoms with E-state index in [1.54, 1.807) is 0 Å². The number of nitriles is 1. The summed E-state index contributed by atoms with van der Waals surface area (Å²) in [6.45, 7) is 2.68. The number of nitrogens with zero attached hydrogens (tertiary/aromatic N) is 3. The Morgan fingerprint density at radius 2 is 2.22 bits per heavy atom. The van der Waals surface area contributed by atoms with E-state index in [1.165, 1.54) is 18.2 Å². The number of hydrogen-bond donors (Lipinski definition) is 1. The summed E-state index contributed by atoms with van der Waals surface area (Å²) in [5, 5.41) is 22.8. The minimum Gasteiger partial charge on any atom is -0.376 e. The Balaban J connectivity index is 2.98. The summed E-state index contributed by atoms with van der Waals surface area (Å²) in [7, 11) is 3.86. The van der Waals surface area contributed by atoms with Gasteiger partial charge < -0.3 is 10.2 Å². The van der Waals surface area contributed by atoms with Crippen molar-refractivity contribution in [3.05, 3.63) is 33.9 Å². The topological polar surface area (TPSA) is 82.2 Å². The number of rotatable bonds is 5. The van der Waals surface area contributed by atoms with Crippen LogP contribution in [0.5, 0.6) is 0 Å². The predicted octanol–water partition coefficient (Wildman–Crippen LogP) is 1.83. The van der Waals surface area contributed by atoms with Gasteiger partial charge >= 0.3 is 0 Å². The van der Waals surface area contributed by atoms with Gasteiger partial charge in [0, 0.05) is 18.7 Å². The van der Waals surface area contributed by atoms with Crippen LogP contribution in [0.15, 0.2) is 18.2 Å². The molecule has 6 heteroatoms. The van der Waals surface area contributed by atoms with E-state index >= 15 is 0 Å². The van der Waals surface area contributed by atoms with Gasteiger partial charge in [-0.3, -0.25) is 10.1 Å². The van der Waals surface area contributed by atoms with Crippen LogP contribution in [0.1, 0.15) is 12.5 Å². The first-order valence-corrected chi connectivity index (χ1v) is 5.54. The molecule has 0 fully saturated rings. The monoisotopic (exact) mass is 248 g/mol. The van der Waals surface area contributed by atoms with Crippen LogP contribution < -0.4 is 5.32 Å². The summed E-state index contributed by atoms with van der Waals surface area (Å²) in [6.07, 6.45) is 0. The van der Waals surface area contributed by atoms with Gasteiger partial charge in [0.1, 0.15) is 5.69 Å². The van der Waals surface area contributed by atoms with Crippen LogP contribution in [-0.4, -0.2) is 36.5 Å². The smallest absolute Gasteiger partial charge is 0.292 e. The number of benzene rings is 1. The molecule has 1 rings (SSSR count). The van der Waals surface area contributed by atoms with Crippen molar-refractivity contribution < 1.29 is 4.92 Å². The molecule has 1 unspecified atom stereocenters. The van der Waals surface area contributed by atoms with E-state index in [2.05, 4.69) is 5.32 Å². The van der Waals surface area contributed by atoms with Crippen molar-refractivity contribution in [2.45, 2.75) is 13.0 Å². The maximum atomic E-state index is 10.9. The number of nitro benzene ring substituents is 1. The van der Waals surface area contributed by atoms with Gasteiger partial charge in [-0.2, -0.15) is 5.26 Å². The number of hydrogen-bond acceptors (Lipinski definition) is 5. The maximum Gasteiger partial charge on any atom is 0.292 e. The van der Waals surface area contributed by atoms with Gasteiger partial charge in [-0.25, -0.2) is 0 Å². The number of anilines is 1. The molecule has 0 bridgehead atoms. The van der Waals surface area contributed by atoms with Crippen molar-refractivity contribution in [3.63, 3.8) is 0 Å². The molecule has 1 atom stereocenters. The third-order valence-corrected chi connectivity index (χ3v) is 2.36. The van der Waals surface area contributed by atoms with Crippen molar-refractivity contribution in [1.82, 2.24) is 4.90 Å². The van der Waals surface area contributed by atoms with E-state index in [-0.39, 0.29) is 11.7 Å². The second kappa shape index (κ2) is 5.98. The molecule has 0 radical (unpaired) electrons. The standard InChI is InChI=1S/C12H16N4O2/c1-9(8-15(2)3)14-11-6-10(7-13)4-5-12(11)16(17)18/h4-6,9,14H,8H2,1-3H3. The molecule has 6 nitrogen and oxygen atoms in total. The average Bonchev–Trinajstić information content (AvgIpc) is 2.27. The van der Waals surface area contributed by atoms with Gasteiger partial charge in [-0.1, -0.05) is 0 Å². The molecule has 1 aromatic rings. The minimum absolute atomic E-state index is 0.0143. The Kier molecular flexibility index (Phi) is 4.63. The first-order valence-electron chi connectivity index (χ1n) is 5.54. The summed E-state index contributed by atoms with van der Waals surface area (Å²) in [4.78, 5) is 12.4. The van der Waals surface area contributed by atoms with E-state index in [0.29, 0.717) is 11.3 Å². The maximum absolute atomic E-state index is 10.9. The van der Waals surface area contributed by atoms with E-state index in [0.717, 1.165) is 6.54 Å². The highest BCUT2D eigenvalue weighted by Crippen LogP contribution is 2.25. The summed E-state index contributed by atoms with van der Waals surface area (Å²) in [5.74, 6) is 0. The quantitative estimate of drug-likeness (QED) is 0.635. The highest BCUT2D eigenvalue weighted by Gasteiger charge is 2.16. The SMILES string of the molecule is CC(CN(C)C)Nc1cc(C#N)ccc1[N+](=O)[O-]. The fourth-order valence-electron chi connectivity index (χ4n) is 1.74. The van der Waals surface area contributed by atoms with Crippen LogP contribution in [-0.2, 0) is 0 Å². The molecule has 18 heavy (non-hydrogen) atoms. The van der Waals surface area contributed by atoms with Crippen molar-refractivity contribution in [2.75, 3.05) is 26.0 Å². The highest BCUT2D eigenvalue weighted by molar-refractivity contribution is 5.64. The van der Waals surface area contributed by atoms with Crippen LogP contribution in [0.3, 0.4) is 0 Å². The molecule has 1 N–H and O–H groups in total. The van der Waals surface area contributed by atoms with Crippen LogP contribution in [0.25, 0.3) is 0 Å². The van der Waals surface area contributed by atoms with Crippen molar-refractivity contribution >= 4 is 11.4 Å². The Morgan fingerprint density at radius 1 is 1.56 bits per heavy atom. The second-order valence-electron chi connectivity index (χ2n) is 4.41. The van der Waals surface area contributed by atoms with Crippen LogP contribution in [0.2, 0.25) is 0 Å². The Labute approximate surface area is 106 Å². The van der Waals surface area contributed by atoms with Crippen molar-refractivity contribution in [3.8, 4) is 6.07 Å². The zero-order valence-corrected chi connectivity index (χ0v) is 10.7. The Bertz CT molecular complexity index is 479. The lowest BCUT2D eigenvalue weighted by Gasteiger charge is -2.19. The van der Waals surface area contributed by atoms with Gasteiger partial charge in [0.2, 0.25) is 0 Å². The third kappa shape index (κ3) is 3.71. The van der Waals surface area contributed by atoms with Crippen molar-refractivity contribution in [1.29, 1.82) is 5.26 Å². The Morgan fingerprint density at radius 3 is 2.72 bits per heavy atom. The first-order chi connectivity index (χ1) is 8.43. The van der Waals surface area contributed by atoms with E-state index in [9.17, 15) is 10.1 Å². The molecule has 0 heterocycles. The molecule has 96 valence electrons. The molecule has 0 aliphatic carbocycles. The van der Waals surface area contributed by atoms with Gasteiger partial charge in [-0.05, 0) is 33.2 Å². The largest absolute Gasteiger partial charge is 0.376 e. The van der Waals surface area contributed by atoms with Gasteiger partial charge in [0.15, 0.2) is 0 Å². The summed E-state index contributed by atoms with van der Waals surface area (Å²) >= 11 is 0. The van der Waals surface area contributed by atoms with E-state index in [4.69, 9.17) is 5.26 Å². The van der Waals surface area contributed by atoms with E-state index in [1.807, 2.05) is 32.0 Å². The van der Waals surface area contributed by atoms with Gasteiger partial charge in [-0.15, -0.1) is 0 Å². The normalized spacial score (nSPS) is 11.9. The molecule has 0 aliphatic rings. The fraction of sp³-hybridized carbons (Fsp3) is 0.417. The molecular formula is C12H16N4O2. The molecule has 0 saturated carbocycles. The molecule has 0 aliphatic heterocycles. The zero-order valence-electron chi connectivity index (χ0n) is 10.7. The number of nitro groups is 1. The molecule has 0 saturated heterocycles. The summed E-state index contributed by atoms with van der Waals surface area (Å²) < 4.78 is 0. The summed E-state index contributed by atoms with van der Waals surface area (Å²) in [6, 6.07) is 6.32. The Hall–Kier alpha value is -2.13. The molecule has 0 amide bonds. The lowest BCUT2D eigenvalue weighted by molar-refractivity contribution is -0.384. The molecule has 0 spiro atoms.